The van der Waals surface area contributed by atoms with Crippen LogP contribution < -0.4 is 15.2 Å². The number of rotatable bonds is 4. The summed E-state index contributed by atoms with van der Waals surface area (Å²) in [4.78, 5) is 11.3. The Morgan fingerprint density at radius 2 is 2.00 bits per heavy atom. The van der Waals surface area contributed by atoms with E-state index in [9.17, 15) is 4.79 Å². The van der Waals surface area contributed by atoms with Crippen molar-refractivity contribution in [3.8, 4) is 22.6 Å². The van der Waals surface area contributed by atoms with Gasteiger partial charge in [0, 0.05) is 16.5 Å². The van der Waals surface area contributed by atoms with Crippen LogP contribution in [-0.2, 0) is 4.74 Å². The quantitative estimate of drug-likeness (QED) is 0.711. The molecule has 5 nitrogen and oxygen atoms in total. The van der Waals surface area contributed by atoms with E-state index in [1.165, 1.54) is 0 Å². The zero-order chi connectivity index (χ0) is 19.8. The highest BCUT2D eigenvalue weighted by Crippen LogP contribution is 2.47. The lowest BCUT2D eigenvalue weighted by molar-refractivity contribution is -0.0176. The van der Waals surface area contributed by atoms with E-state index < -0.39 is 17.6 Å². The van der Waals surface area contributed by atoms with E-state index in [2.05, 4.69) is 0 Å². The topological polar surface area (TPSA) is 70.8 Å². The molecule has 0 bridgehead atoms. The Labute approximate surface area is 168 Å². The number of carbonyl (C=O) groups excluding carboxylic acids is 1. The third-order valence-electron chi connectivity index (χ3n) is 4.47. The standard InChI is InChI=1S/C20H21Cl2NO4/c1-4-25-17-8-13(14(21)9-15(17)22)11-5-6-12-16(7-11)26-10-20(2,3)18(12)27-19(23)24/h5-9,18H,4,10H2,1-3H3,(H2,23,24). The fraction of sp³-hybridized carbons (Fsp3) is 0.350. The summed E-state index contributed by atoms with van der Waals surface area (Å²) in [5, 5.41) is 0.959. The second-order valence-corrected chi connectivity index (χ2v) is 7.86. The molecule has 1 aliphatic heterocycles. The molecule has 2 aromatic carbocycles. The Morgan fingerprint density at radius 1 is 1.26 bits per heavy atom. The van der Waals surface area contributed by atoms with Crippen molar-refractivity contribution in [1.29, 1.82) is 0 Å². The molecule has 27 heavy (non-hydrogen) atoms. The van der Waals surface area contributed by atoms with E-state index in [0.717, 1.165) is 16.7 Å². The Balaban J connectivity index is 2.05. The van der Waals surface area contributed by atoms with E-state index in [1.807, 2.05) is 39.0 Å². The predicted molar refractivity (Wildman–Crippen MR) is 106 cm³/mol. The summed E-state index contributed by atoms with van der Waals surface area (Å²) < 4.78 is 16.8. The molecule has 1 unspecified atom stereocenters. The third-order valence-corrected chi connectivity index (χ3v) is 5.08. The molecule has 1 amide bonds. The second kappa shape index (κ2) is 7.49. The van der Waals surface area contributed by atoms with Crippen LogP contribution in [0.15, 0.2) is 30.3 Å². The van der Waals surface area contributed by atoms with E-state index in [-0.39, 0.29) is 0 Å². The number of carbonyl (C=O) groups is 1. The van der Waals surface area contributed by atoms with Gasteiger partial charge in [-0.05, 0) is 30.7 Å². The molecule has 1 atom stereocenters. The van der Waals surface area contributed by atoms with E-state index in [1.54, 1.807) is 12.1 Å². The molecule has 2 N–H and O–H groups in total. The third kappa shape index (κ3) is 3.94. The Bertz CT molecular complexity index is 883. The number of benzene rings is 2. The molecule has 0 spiro atoms. The van der Waals surface area contributed by atoms with Crippen molar-refractivity contribution in [3.63, 3.8) is 0 Å². The molecule has 0 aliphatic carbocycles. The van der Waals surface area contributed by atoms with Crippen molar-refractivity contribution >= 4 is 29.3 Å². The Kier molecular flexibility index (Phi) is 5.45. The summed E-state index contributed by atoms with van der Waals surface area (Å²) in [6, 6.07) is 9.09. The van der Waals surface area contributed by atoms with Gasteiger partial charge in [0.15, 0.2) is 0 Å². The van der Waals surface area contributed by atoms with Gasteiger partial charge >= 0.3 is 6.09 Å². The van der Waals surface area contributed by atoms with Crippen molar-refractivity contribution in [3.05, 3.63) is 45.9 Å². The zero-order valence-electron chi connectivity index (χ0n) is 15.3. The maximum Gasteiger partial charge on any atom is 0.405 e. The van der Waals surface area contributed by atoms with Crippen LogP contribution in [0.2, 0.25) is 10.0 Å². The number of nitrogens with two attached hydrogens (primary N) is 1. The number of halogens is 2. The van der Waals surface area contributed by atoms with Gasteiger partial charge in [-0.3, -0.25) is 0 Å². The summed E-state index contributed by atoms with van der Waals surface area (Å²) in [6.45, 7) is 6.69. The molecule has 0 aromatic heterocycles. The Morgan fingerprint density at radius 3 is 2.67 bits per heavy atom. The van der Waals surface area contributed by atoms with Gasteiger partial charge in [0.2, 0.25) is 0 Å². The van der Waals surface area contributed by atoms with Crippen molar-refractivity contribution in [2.75, 3.05) is 13.2 Å². The van der Waals surface area contributed by atoms with Gasteiger partial charge in [0.25, 0.3) is 0 Å². The summed E-state index contributed by atoms with van der Waals surface area (Å²) in [6.07, 6.45) is -1.31. The van der Waals surface area contributed by atoms with Crippen LogP contribution in [0.3, 0.4) is 0 Å². The molecule has 0 fully saturated rings. The largest absolute Gasteiger partial charge is 0.492 e. The van der Waals surface area contributed by atoms with Crippen molar-refractivity contribution in [1.82, 2.24) is 0 Å². The Hall–Kier alpha value is -2.11. The highest BCUT2D eigenvalue weighted by Gasteiger charge is 2.40. The minimum Gasteiger partial charge on any atom is -0.492 e. The number of fused-ring (bicyclic) bond motifs is 1. The van der Waals surface area contributed by atoms with Crippen LogP contribution in [0.5, 0.6) is 11.5 Å². The van der Waals surface area contributed by atoms with Gasteiger partial charge < -0.3 is 19.9 Å². The van der Waals surface area contributed by atoms with Crippen molar-refractivity contribution in [2.24, 2.45) is 11.1 Å². The average molecular weight is 410 g/mol. The fourth-order valence-corrected chi connectivity index (χ4v) is 3.71. The van der Waals surface area contributed by atoms with Crippen LogP contribution in [-0.4, -0.2) is 19.3 Å². The van der Waals surface area contributed by atoms with Gasteiger partial charge in [0.05, 0.1) is 23.3 Å². The molecule has 1 heterocycles. The number of ether oxygens (including phenoxy) is 3. The summed E-state index contributed by atoms with van der Waals surface area (Å²) in [5.74, 6) is 1.19. The van der Waals surface area contributed by atoms with E-state index in [4.69, 9.17) is 43.1 Å². The van der Waals surface area contributed by atoms with Crippen molar-refractivity contribution < 1.29 is 19.0 Å². The molecule has 1 aliphatic rings. The SMILES string of the molecule is CCOc1cc(-c2ccc3c(c2)OCC(C)(C)C3OC(N)=O)c(Cl)cc1Cl. The maximum atomic E-state index is 11.3. The molecule has 7 heteroatoms. The maximum absolute atomic E-state index is 11.3. The van der Waals surface area contributed by atoms with E-state index >= 15 is 0 Å². The van der Waals surface area contributed by atoms with Crippen LogP contribution in [0.1, 0.15) is 32.4 Å². The lowest BCUT2D eigenvalue weighted by atomic mass is 9.80. The number of hydrogen-bond donors (Lipinski definition) is 1. The molecule has 3 rings (SSSR count). The zero-order valence-corrected chi connectivity index (χ0v) is 16.9. The average Bonchev–Trinajstić information content (AvgIpc) is 2.59. The second-order valence-electron chi connectivity index (χ2n) is 7.04. The monoisotopic (exact) mass is 409 g/mol. The van der Waals surface area contributed by atoms with Crippen LogP contribution >= 0.6 is 23.2 Å². The molecular formula is C20H21Cl2NO4. The highest BCUT2D eigenvalue weighted by molar-refractivity contribution is 6.37. The molecule has 2 aromatic rings. The van der Waals surface area contributed by atoms with Crippen LogP contribution in [0, 0.1) is 5.41 Å². The minimum absolute atomic E-state index is 0.389. The van der Waals surface area contributed by atoms with E-state index in [0.29, 0.717) is 34.8 Å². The fourth-order valence-electron chi connectivity index (χ4n) is 3.16. The first-order chi connectivity index (χ1) is 12.7. The van der Waals surface area contributed by atoms with Crippen LogP contribution in [0.25, 0.3) is 11.1 Å². The molecule has 0 saturated carbocycles. The molecule has 0 saturated heterocycles. The first-order valence-electron chi connectivity index (χ1n) is 8.58. The highest BCUT2D eigenvalue weighted by atomic mass is 35.5. The molecule has 144 valence electrons. The number of primary amides is 1. The number of hydrogen-bond acceptors (Lipinski definition) is 4. The van der Waals surface area contributed by atoms with Crippen molar-refractivity contribution in [2.45, 2.75) is 26.9 Å². The van der Waals surface area contributed by atoms with Gasteiger partial charge in [-0.1, -0.05) is 49.2 Å². The lowest BCUT2D eigenvalue weighted by Crippen LogP contribution is -2.37. The summed E-state index contributed by atoms with van der Waals surface area (Å²) >= 11 is 12.6. The smallest absolute Gasteiger partial charge is 0.405 e. The normalized spacial score (nSPS) is 17.6. The van der Waals surface area contributed by atoms with Crippen LogP contribution in [0.4, 0.5) is 4.79 Å². The minimum atomic E-state index is -0.813. The molecular weight excluding hydrogens is 389 g/mol. The first-order valence-corrected chi connectivity index (χ1v) is 9.33. The van der Waals surface area contributed by atoms with Gasteiger partial charge in [-0.25, -0.2) is 4.79 Å². The van der Waals surface area contributed by atoms with Gasteiger partial charge in [0.1, 0.15) is 17.6 Å². The molecule has 0 radical (unpaired) electrons. The summed E-state index contributed by atoms with van der Waals surface area (Å²) in [5.41, 5.74) is 7.24. The van der Waals surface area contributed by atoms with Gasteiger partial charge in [-0.2, -0.15) is 0 Å². The van der Waals surface area contributed by atoms with Gasteiger partial charge in [-0.15, -0.1) is 0 Å². The predicted octanol–water partition coefficient (Wildman–Crippen LogP) is 5.61. The summed E-state index contributed by atoms with van der Waals surface area (Å²) in [7, 11) is 0. The first kappa shape index (κ1) is 19.6. The lowest BCUT2D eigenvalue weighted by Gasteiger charge is -2.38. The number of amides is 1.